The van der Waals surface area contributed by atoms with Gasteiger partial charge in [0.1, 0.15) is 0 Å². The standard InChI is InChI=1S/C13H21NO3S2/c1-17-13(16)7-6-12(15)14-9-4-2-3-5-11-8-10-18-19-11/h8,10-11H,2-7,9H2,1H3,(H,14,15). The molecule has 1 N–H and O–H groups in total. The normalized spacial score (nSPS) is 17.4. The summed E-state index contributed by atoms with van der Waals surface area (Å²) < 4.78 is 4.48. The van der Waals surface area contributed by atoms with Gasteiger partial charge in [-0.1, -0.05) is 40.5 Å². The van der Waals surface area contributed by atoms with E-state index in [1.165, 1.54) is 20.0 Å². The Morgan fingerprint density at radius 2 is 2.11 bits per heavy atom. The van der Waals surface area contributed by atoms with Crippen molar-refractivity contribution in [3.8, 4) is 0 Å². The van der Waals surface area contributed by atoms with Crippen molar-refractivity contribution < 1.29 is 14.3 Å². The predicted molar refractivity (Wildman–Crippen MR) is 80.8 cm³/mol. The van der Waals surface area contributed by atoms with E-state index in [-0.39, 0.29) is 24.7 Å². The fraction of sp³-hybridized carbons (Fsp3) is 0.692. The van der Waals surface area contributed by atoms with Gasteiger partial charge in [-0.05, 0) is 18.2 Å². The minimum absolute atomic E-state index is 0.0731. The summed E-state index contributed by atoms with van der Waals surface area (Å²) in [5, 5.41) is 5.64. The summed E-state index contributed by atoms with van der Waals surface area (Å²) >= 11 is 0. The fourth-order valence-electron chi connectivity index (χ4n) is 1.68. The molecule has 0 aromatic carbocycles. The quantitative estimate of drug-likeness (QED) is 0.403. The van der Waals surface area contributed by atoms with E-state index in [2.05, 4.69) is 21.5 Å². The van der Waals surface area contributed by atoms with Gasteiger partial charge < -0.3 is 10.1 Å². The van der Waals surface area contributed by atoms with Crippen molar-refractivity contribution in [1.82, 2.24) is 5.32 Å². The van der Waals surface area contributed by atoms with E-state index >= 15 is 0 Å². The number of hydrogen-bond acceptors (Lipinski definition) is 5. The molecule has 1 unspecified atom stereocenters. The fourth-order valence-corrected chi connectivity index (χ4v) is 3.94. The maximum Gasteiger partial charge on any atom is 0.306 e. The zero-order valence-electron chi connectivity index (χ0n) is 11.2. The van der Waals surface area contributed by atoms with Gasteiger partial charge in [0, 0.05) is 18.2 Å². The van der Waals surface area contributed by atoms with Gasteiger partial charge in [-0.15, -0.1) is 0 Å². The third-order valence-corrected chi connectivity index (χ3v) is 5.23. The van der Waals surface area contributed by atoms with Crippen molar-refractivity contribution in [3.63, 3.8) is 0 Å². The summed E-state index contributed by atoms with van der Waals surface area (Å²) in [6.45, 7) is 0.697. The molecule has 1 aliphatic rings. The van der Waals surface area contributed by atoms with Crippen molar-refractivity contribution in [1.29, 1.82) is 0 Å². The predicted octanol–water partition coefficient (Wildman–Crippen LogP) is 2.89. The van der Waals surface area contributed by atoms with Gasteiger partial charge in [0.15, 0.2) is 0 Å². The lowest BCUT2D eigenvalue weighted by Crippen LogP contribution is -2.25. The molecule has 1 atom stereocenters. The Hall–Kier alpha value is -0.620. The molecule has 0 saturated heterocycles. The van der Waals surface area contributed by atoms with E-state index in [9.17, 15) is 9.59 Å². The number of carbonyl (C=O) groups is 2. The van der Waals surface area contributed by atoms with Crippen LogP contribution in [0.1, 0.15) is 38.5 Å². The number of carbonyl (C=O) groups excluding carboxylic acids is 2. The average Bonchev–Trinajstić information content (AvgIpc) is 2.93. The maximum absolute atomic E-state index is 11.4. The molecule has 6 heteroatoms. The van der Waals surface area contributed by atoms with E-state index in [0.717, 1.165) is 12.8 Å². The highest BCUT2D eigenvalue weighted by atomic mass is 33.1. The van der Waals surface area contributed by atoms with E-state index in [0.29, 0.717) is 11.8 Å². The number of amides is 1. The first-order chi connectivity index (χ1) is 9.22. The van der Waals surface area contributed by atoms with Crippen LogP contribution in [0.2, 0.25) is 0 Å². The van der Waals surface area contributed by atoms with Crippen LogP contribution < -0.4 is 5.32 Å². The van der Waals surface area contributed by atoms with E-state index < -0.39 is 0 Å². The molecular formula is C13H21NO3S2. The van der Waals surface area contributed by atoms with Crippen LogP contribution in [0.25, 0.3) is 0 Å². The Bertz CT molecular complexity index is 321. The highest BCUT2D eigenvalue weighted by Crippen LogP contribution is 2.37. The van der Waals surface area contributed by atoms with Gasteiger partial charge >= 0.3 is 5.97 Å². The number of nitrogens with one attached hydrogen (secondary N) is 1. The van der Waals surface area contributed by atoms with Crippen molar-refractivity contribution >= 4 is 33.5 Å². The Labute approximate surface area is 122 Å². The van der Waals surface area contributed by atoms with E-state index in [4.69, 9.17) is 0 Å². The first kappa shape index (κ1) is 16.4. The Balaban J connectivity index is 1.88. The molecule has 0 aliphatic carbocycles. The summed E-state index contributed by atoms with van der Waals surface area (Å²) in [6.07, 6.45) is 7.17. The molecule has 19 heavy (non-hydrogen) atoms. The SMILES string of the molecule is COC(=O)CCC(=O)NCCCCCC1C=CSS1. The van der Waals surface area contributed by atoms with Crippen LogP contribution in [0, 0.1) is 0 Å². The van der Waals surface area contributed by atoms with Crippen LogP contribution in [0.5, 0.6) is 0 Å². The number of unbranched alkanes of at least 4 members (excludes halogenated alkanes) is 2. The zero-order chi connectivity index (χ0) is 13.9. The molecule has 1 aliphatic heterocycles. The summed E-state index contributed by atoms with van der Waals surface area (Å²) in [7, 11) is 5.05. The largest absolute Gasteiger partial charge is 0.469 e. The molecule has 0 aromatic rings. The third-order valence-electron chi connectivity index (χ3n) is 2.80. The monoisotopic (exact) mass is 303 g/mol. The zero-order valence-corrected chi connectivity index (χ0v) is 12.9. The lowest BCUT2D eigenvalue weighted by molar-refractivity contribution is -0.142. The molecule has 0 aromatic heterocycles. The Kier molecular flexibility index (Phi) is 8.82. The van der Waals surface area contributed by atoms with Gasteiger partial charge in [-0.3, -0.25) is 9.59 Å². The second kappa shape index (κ2) is 10.2. The molecule has 1 amide bonds. The van der Waals surface area contributed by atoms with Gasteiger partial charge in [0.05, 0.1) is 13.5 Å². The van der Waals surface area contributed by atoms with Crippen molar-refractivity contribution in [2.75, 3.05) is 13.7 Å². The summed E-state index contributed by atoms with van der Waals surface area (Å²) in [5.41, 5.74) is 0. The highest BCUT2D eigenvalue weighted by molar-refractivity contribution is 8.78. The van der Waals surface area contributed by atoms with E-state index in [1.54, 1.807) is 10.8 Å². The van der Waals surface area contributed by atoms with Crippen molar-refractivity contribution in [3.05, 3.63) is 11.5 Å². The number of rotatable bonds is 9. The minimum atomic E-state index is -0.338. The number of hydrogen-bond donors (Lipinski definition) is 1. The molecule has 0 bridgehead atoms. The second-order valence-corrected chi connectivity index (χ2v) is 6.75. The highest BCUT2D eigenvalue weighted by Gasteiger charge is 2.09. The van der Waals surface area contributed by atoms with Gasteiger partial charge in [0.2, 0.25) is 5.91 Å². The van der Waals surface area contributed by atoms with Crippen molar-refractivity contribution in [2.45, 2.75) is 43.8 Å². The van der Waals surface area contributed by atoms with Gasteiger partial charge in [-0.2, -0.15) is 0 Å². The van der Waals surface area contributed by atoms with Crippen LogP contribution in [-0.2, 0) is 14.3 Å². The number of ether oxygens (including phenoxy) is 1. The smallest absolute Gasteiger partial charge is 0.306 e. The molecular weight excluding hydrogens is 282 g/mol. The lowest BCUT2D eigenvalue weighted by Gasteiger charge is -2.07. The summed E-state index contributed by atoms with van der Waals surface area (Å²) in [4.78, 5) is 22.2. The Morgan fingerprint density at radius 1 is 1.26 bits per heavy atom. The molecule has 0 fully saturated rings. The number of esters is 1. The van der Waals surface area contributed by atoms with Crippen LogP contribution in [-0.4, -0.2) is 30.8 Å². The molecule has 0 spiro atoms. The number of methoxy groups -OCH3 is 1. The molecule has 1 rings (SSSR count). The van der Waals surface area contributed by atoms with Crippen molar-refractivity contribution in [2.24, 2.45) is 0 Å². The molecule has 0 saturated carbocycles. The van der Waals surface area contributed by atoms with Gasteiger partial charge in [0.25, 0.3) is 0 Å². The lowest BCUT2D eigenvalue weighted by atomic mass is 10.1. The molecule has 4 nitrogen and oxygen atoms in total. The third kappa shape index (κ3) is 8.21. The van der Waals surface area contributed by atoms with Crippen LogP contribution in [0.15, 0.2) is 11.5 Å². The van der Waals surface area contributed by atoms with Gasteiger partial charge in [-0.25, -0.2) is 0 Å². The van der Waals surface area contributed by atoms with E-state index in [1.807, 2.05) is 10.8 Å². The second-order valence-electron chi connectivity index (χ2n) is 4.33. The minimum Gasteiger partial charge on any atom is -0.469 e. The maximum atomic E-state index is 11.4. The average molecular weight is 303 g/mol. The first-order valence-electron chi connectivity index (χ1n) is 6.54. The van der Waals surface area contributed by atoms with Crippen LogP contribution in [0.4, 0.5) is 0 Å². The topological polar surface area (TPSA) is 55.4 Å². The molecule has 108 valence electrons. The summed E-state index contributed by atoms with van der Waals surface area (Å²) in [6, 6.07) is 0. The van der Waals surface area contributed by atoms with Crippen LogP contribution >= 0.6 is 21.6 Å². The summed E-state index contributed by atoms with van der Waals surface area (Å²) in [5.74, 6) is -0.411. The Morgan fingerprint density at radius 3 is 2.79 bits per heavy atom. The first-order valence-corrected chi connectivity index (χ1v) is 8.82. The molecule has 0 radical (unpaired) electrons. The van der Waals surface area contributed by atoms with Crippen LogP contribution in [0.3, 0.4) is 0 Å². The molecule has 1 heterocycles.